The van der Waals surface area contributed by atoms with Crippen LogP contribution >= 0.6 is 0 Å². The second-order valence-electron chi connectivity index (χ2n) is 3.12. The highest BCUT2D eigenvalue weighted by Crippen LogP contribution is 1.96. The van der Waals surface area contributed by atoms with E-state index in [-0.39, 0.29) is 6.61 Å². The summed E-state index contributed by atoms with van der Waals surface area (Å²) in [5.41, 5.74) is 0.978. The molecule has 0 fully saturated rings. The Balaban J connectivity index is 2.46. The van der Waals surface area contributed by atoms with Crippen molar-refractivity contribution in [3.05, 3.63) is 34.5 Å². The molecular formula is C10H10N2O2. The van der Waals surface area contributed by atoms with Gasteiger partial charge in [-0.05, 0) is 24.5 Å². The molecule has 0 bridgehead atoms. The third kappa shape index (κ3) is 1.56. The molecule has 14 heavy (non-hydrogen) atoms. The third-order valence-corrected chi connectivity index (χ3v) is 2.13. The van der Waals surface area contributed by atoms with E-state index in [9.17, 15) is 4.79 Å². The first-order valence-corrected chi connectivity index (χ1v) is 4.51. The smallest absolute Gasteiger partial charge is 0.368 e. The van der Waals surface area contributed by atoms with Gasteiger partial charge in [0, 0.05) is 6.61 Å². The van der Waals surface area contributed by atoms with Crippen molar-refractivity contribution in [2.75, 3.05) is 6.61 Å². The summed E-state index contributed by atoms with van der Waals surface area (Å²) in [7, 11) is 0. The lowest BCUT2D eigenvalue weighted by molar-refractivity contribution is 0.256. The number of aliphatic hydroxyl groups excluding tert-OH is 1. The summed E-state index contributed by atoms with van der Waals surface area (Å²) in [5.74, 6) is 0. The highest BCUT2D eigenvalue weighted by atomic mass is 16.2. The maximum atomic E-state index is 10.9. The minimum absolute atomic E-state index is 0.148. The quantitative estimate of drug-likeness (QED) is 0.728. The van der Waals surface area contributed by atoms with Crippen molar-refractivity contribution >= 4 is 6.03 Å². The van der Waals surface area contributed by atoms with Crippen molar-refractivity contribution in [3.63, 3.8) is 0 Å². The molecule has 2 amide bonds. The van der Waals surface area contributed by atoms with E-state index in [2.05, 4.69) is 9.98 Å². The molecule has 0 unspecified atom stereocenters. The Bertz CT molecular complexity index is 479. The van der Waals surface area contributed by atoms with E-state index in [4.69, 9.17) is 5.11 Å². The number of aryl methyl sites for hydroxylation is 1. The predicted molar refractivity (Wildman–Crippen MR) is 49.6 cm³/mol. The molecule has 2 rings (SSSR count). The average molecular weight is 190 g/mol. The molecule has 1 aromatic rings. The molecule has 0 radical (unpaired) electrons. The zero-order valence-electron chi connectivity index (χ0n) is 7.60. The number of aliphatic hydroxyl groups is 1. The number of para-hydroxylation sites is 1. The van der Waals surface area contributed by atoms with Gasteiger partial charge in [-0.25, -0.2) is 4.79 Å². The van der Waals surface area contributed by atoms with Crippen LogP contribution in [-0.2, 0) is 6.42 Å². The van der Waals surface area contributed by atoms with Crippen LogP contribution in [0.15, 0.2) is 28.2 Å². The highest BCUT2D eigenvalue weighted by molar-refractivity contribution is 5.77. The fourth-order valence-corrected chi connectivity index (χ4v) is 1.49. The van der Waals surface area contributed by atoms with E-state index in [0.29, 0.717) is 17.1 Å². The van der Waals surface area contributed by atoms with Crippen molar-refractivity contribution in [3.8, 4) is 0 Å². The second-order valence-corrected chi connectivity index (χ2v) is 3.12. The number of amides is 2. The van der Waals surface area contributed by atoms with Crippen LogP contribution in [0.5, 0.6) is 0 Å². The van der Waals surface area contributed by atoms with Gasteiger partial charge in [-0.1, -0.05) is 12.1 Å². The number of carbonyl (C=O) groups is 1. The SMILES string of the molecule is O=C1N=c2cccc(CCCO)c2=N1. The summed E-state index contributed by atoms with van der Waals surface area (Å²) in [6.07, 6.45) is 1.41. The largest absolute Gasteiger partial charge is 0.396 e. The first kappa shape index (κ1) is 9.02. The van der Waals surface area contributed by atoms with Crippen molar-refractivity contribution in [2.45, 2.75) is 12.8 Å². The van der Waals surface area contributed by atoms with E-state index >= 15 is 0 Å². The molecule has 0 spiro atoms. The van der Waals surface area contributed by atoms with Crippen LogP contribution in [0.4, 0.5) is 4.79 Å². The zero-order valence-corrected chi connectivity index (χ0v) is 7.60. The molecule has 1 heterocycles. The predicted octanol–water partition coefficient (Wildman–Crippen LogP) is -0.0157. The van der Waals surface area contributed by atoms with Crippen LogP contribution in [0.1, 0.15) is 12.0 Å². The summed E-state index contributed by atoms with van der Waals surface area (Å²) in [5, 5.41) is 10.0. The molecule has 0 aromatic heterocycles. The Morgan fingerprint density at radius 3 is 2.93 bits per heavy atom. The van der Waals surface area contributed by atoms with E-state index in [0.717, 1.165) is 12.0 Å². The number of rotatable bonds is 3. The maximum Gasteiger partial charge on any atom is 0.368 e. The van der Waals surface area contributed by atoms with Gasteiger partial charge in [-0.3, -0.25) is 0 Å². The fraction of sp³-hybridized carbons (Fsp3) is 0.300. The normalized spacial score (nSPS) is 13.4. The Kier molecular flexibility index (Phi) is 2.37. The molecule has 1 aliphatic heterocycles. The van der Waals surface area contributed by atoms with Crippen LogP contribution in [0.2, 0.25) is 0 Å². The Labute approximate surface area is 80.6 Å². The maximum absolute atomic E-state index is 10.9. The molecule has 72 valence electrons. The van der Waals surface area contributed by atoms with Crippen molar-refractivity contribution in [2.24, 2.45) is 9.98 Å². The molecule has 0 atom stereocenters. The number of carbonyl (C=O) groups excluding carboxylic acids is 1. The summed E-state index contributed by atoms with van der Waals surface area (Å²) in [4.78, 5) is 18.5. The molecule has 4 heteroatoms. The topological polar surface area (TPSA) is 62.0 Å². The fourth-order valence-electron chi connectivity index (χ4n) is 1.49. The molecule has 0 aliphatic carbocycles. The van der Waals surface area contributed by atoms with Gasteiger partial charge in [-0.15, -0.1) is 0 Å². The number of fused-ring (bicyclic) bond motifs is 1. The number of urea groups is 1. The Hall–Kier alpha value is -1.55. The van der Waals surface area contributed by atoms with Crippen LogP contribution < -0.4 is 10.7 Å². The number of hydrogen-bond acceptors (Lipinski definition) is 2. The molecule has 4 nitrogen and oxygen atoms in total. The van der Waals surface area contributed by atoms with E-state index in [1.165, 1.54) is 0 Å². The first-order chi connectivity index (χ1) is 6.81. The van der Waals surface area contributed by atoms with Gasteiger partial charge < -0.3 is 5.11 Å². The molecule has 1 aromatic carbocycles. The Morgan fingerprint density at radius 1 is 1.29 bits per heavy atom. The van der Waals surface area contributed by atoms with Crippen molar-refractivity contribution in [1.29, 1.82) is 0 Å². The van der Waals surface area contributed by atoms with E-state index in [1.54, 1.807) is 6.07 Å². The summed E-state index contributed by atoms with van der Waals surface area (Å²) in [6, 6.07) is 5.10. The van der Waals surface area contributed by atoms with Gasteiger partial charge in [0.15, 0.2) is 0 Å². The van der Waals surface area contributed by atoms with Gasteiger partial charge in [-0.2, -0.15) is 9.98 Å². The monoisotopic (exact) mass is 190 g/mol. The average Bonchev–Trinajstić information content (AvgIpc) is 2.55. The molecular weight excluding hydrogens is 180 g/mol. The summed E-state index contributed by atoms with van der Waals surface area (Å²) < 4.78 is 0. The van der Waals surface area contributed by atoms with Crippen LogP contribution in [-0.4, -0.2) is 17.7 Å². The van der Waals surface area contributed by atoms with Gasteiger partial charge in [0.2, 0.25) is 0 Å². The number of hydrogen-bond donors (Lipinski definition) is 1. The molecule has 0 saturated carbocycles. The van der Waals surface area contributed by atoms with E-state index < -0.39 is 6.03 Å². The number of nitrogens with zero attached hydrogens (tertiary/aromatic N) is 2. The molecule has 1 N–H and O–H groups in total. The second kappa shape index (κ2) is 3.67. The zero-order chi connectivity index (χ0) is 9.97. The first-order valence-electron chi connectivity index (χ1n) is 4.51. The highest BCUT2D eigenvalue weighted by Gasteiger charge is 2.07. The van der Waals surface area contributed by atoms with Crippen LogP contribution in [0, 0.1) is 0 Å². The standard InChI is InChI=1S/C10H10N2O2/c13-6-2-4-7-3-1-5-8-9(7)12-10(14)11-8/h1,3,5,13H,2,4,6H2. The van der Waals surface area contributed by atoms with Gasteiger partial charge in [0.25, 0.3) is 0 Å². The lowest BCUT2D eigenvalue weighted by atomic mass is 10.1. The minimum Gasteiger partial charge on any atom is -0.396 e. The third-order valence-electron chi connectivity index (χ3n) is 2.13. The lowest BCUT2D eigenvalue weighted by Gasteiger charge is -1.97. The molecule has 1 aliphatic rings. The van der Waals surface area contributed by atoms with Gasteiger partial charge >= 0.3 is 6.03 Å². The van der Waals surface area contributed by atoms with Crippen LogP contribution in [0.25, 0.3) is 0 Å². The van der Waals surface area contributed by atoms with E-state index in [1.807, 2.05) is 12.1 Å². The molecule has 0 saturated heterocycles. The number of benzene rings is 1. The van der Waals surface area contributed by atoms with Crippen LogP contribution in [0.3, 0.4) is 0 Å². The Morgan fingerprint density at radius 2 is 2.14 bits per heavy atom. The van der Waals surface area contributed by atoms with Gasteiger partial charge in [0.1, 0.15) is 0 Å². The summed E-state index contributed by atoms with van der Waals surface area (Å²) in [6.45, 7) is 0.148. The summed E-state index contributed by atoms with van der Waals surface area (Å²) >= 11 is 0. The minimum atomic E-state index is -0.434. The lowest BCUT2D eigenvalue weighted by Crippen LogP contribution is -2.25. The van der Waals surface area contributed by atoms with Crippen molar-refractivity contribution < 1.29 is 9.90 Å². The van der Waals surface area contributed by atoms with Gasteiger partial charge in [0.05, 0.1) is 10.7 Å². The van der Waals surface area contributed by atoms with Crippen molar-refractivity contribution in [1.82, 2.24) is 0 Å².